The summed E-state index contributed by atoms with van der Waals surface area (Å²) in [4.78, 5) is 28.5. The number of rotatable bonds is 6. The van der Waals surface area contributed by atoms with Crippen LogP contribution in [0.15, 0.2) is 36.4 Å². The van der Waals surface area contributed by atoms with E-state index in [1.807, 2.05) is 0 Å². The zero-order valence-corrected chi connectivity index (χ0v) is 19.0. The standard InChI is InChI=1S/C25H30N2O6/c1-32-24(30)16-7-9-22(28)18(11-16)13-26-15-27(21-6-4-3-5-20(21)26)14-19-12-17(25(31)33-2)8-10-23(19)29/h7-12,20-21,28-29H,3-6,13-15H2,1-2H3/t20-,21+. The molecular weight excluding hydrogens is 424 g/mol. The highest BCUT2D eigenvalue weighted by Gasteiger charge is 2.41. The van der Waals surface area contributed by atoms with Gasteiger partial charge in [-0.1, -0.05) is 12.8 Å². The summed E-state index contributed by atoms with van der Waals surface area (Å²) in [6, 6.07) is 10.2. The first-order valence-corrected chi connectivity index (χ1v) is 11.2. The fourth-order valence-corrected chi connectivity index (χ4v) is 5.07. The maximum Gasteiger partial charge on any atom is 0.337 e. The molecule has 0 bridgehead atoms. The maximum atomic E-state index is 11.9. The van der Waals surface area contributed by atoms with Crippen molar-refractivity contribution in [2.24, 2.45) is 0 Å². The summed E-state index contributed by atoms with van der Waals surface area (Å²) in [5, 5.41) is 20.8. The third kappa shape index (κ3) is 4.82. The second-order valence-corrected chi connectivity index (χ2v) is 8.72. The monoisotopic (exact) mass is 454 g/mol. The van der Waals surface area contributed by atoms with E-state index in [1.165, 1.54) is 26.4 Å². The molecule has 1 heterocycles. The van der Waals surface area contributed by atoms with Gasteiger partial charge in [0, 0.05) is 36.3 Å². The van der Waals surface area contributed by atoms with Gasteiger partial charge in [-0.3, -0.25) is 9.80 Å². The van der Waals surface area contributed by atoms with Crippen molar-refractivity contribution < 1.29 is 29.3 Å². The molecule has 1 aliphatic heterocycles. The number of ether oxygens (including phenoxy) is 2. The second kappa shape index (κ2) is 9.80. The van der Waals surface area contributed by atoms with E-state index in [0.717, 1.165) is 25.7 Å². The molecule has 176 valence electrons. The van der Waals surface area contributed by atoms with Crippen LogP contribution in [0.4, 0.5) is 0 Å². The number of fused-ring (bicyclic) bond motifs is 1. The summed E-state index contributed by atoms with van der Waals surface area (Å²) < 4.78 is 9.63. The summed E-state index contributed by atoms with van der Waals surface area (Å²) in [6.07, 6.45) is 4.38. The summed E-state index contributed by atoms with van der Waals surface area (Å²) >= 11 is 0. The predicted molar refractivity (Wildman–Crippen MR) is 121 cm³/mol. The van der Waals surface area contributed by atoms with Crippen molar-refractivity contribution in [1.82, 2.24) is 9.80 Å². The van der Waals surface area contributed by atoms with Gasteiger partial charge in [0.25, 0.3) is 0 Å². The Kier molecular flexibility index (Phi) is 6.85. The number of hydrogen-bond acceptors (Lipinski definition) is 8. The Morgan fingerprint density at radius 3 is 1.64 bits per heavy atom. The lowest BCUT2D eigenvalue weighted by molar-refractivity contribution is 0.0591. The van der Waals surface area contributed by atoms with E-state index in [-0.39, 0.29) is 11.5 Å². The molecule has 2 aliphatic rings. The molecule has 2 aromatic carbocycles. The van der Waals surface area contributed by atoms with Crippen LogP contribution in [0.2, 0.25) is 0 Å². The number of phenols is 2. The molecule has 1 aliphatic carbocycles. The average Bonchev–Trinajstić information content (AvgIpc) is 3.18. The van der Waals surface area contributed by atoms with Gasteiger partial charge >= 0.3 is 11.9 Å². The van der Waals surface area contributed by atoms with Crippen LogP contribution in [0.1, 0.15) is 57.5 Å². The average molecular weight is 455 g/mol. The molecule has 2 N–H and O–H groups in total. The molecule has 8 nitrogen and oxygen atoms in total. The van der Waals surface area contributed by atoms with Gasteiger partial charge in [0.1, 0.15) is 11.5 Å². The van der Waals surface area contributed by atoms with Gasteiger partial charge in [-0.2, -0.15) is 0 Å². The Morgan fingerprint density at radius 1 is 0.818 bits per heavy atom. The molecule has 0 aromatic heterocycles. The Hall–Kier alpha value is -3.10. The van der Waals surface area contributed by atoms with Crippen molar-refractivity contribution in [1.29, 1.82) is 0 Å². The number of nitrogens with zero attached hydrogens (tertiary/aromatic N) is 2. The third-order valence-corrected chi connectivity index (χ3v) is 6.74. The summed E-state index contributed by atoms with van der Waals surface area (Å²) in [5.41, 5.74) is 2.18. The molecule has 2 aromatic rings. The van der Waals surface area contributed by atoms with Gasteiger partial charge in [-0.05, 0) is 49.2 Å². The number of methoxy groups -OCH3 is 2. The topological polar surface area (TPSA) is 99.5 Å². The van der Waals surface area contributed by atoms with Gasteiger partial charge in [0.05, 0.1) is 32.0 Å². The second-order valence-electron chi connectivity index (χ2n) is 8.72. The minimum atomic E-state index is -0.434. The number of phenolic OH excluding ortho intramolecular Hbond substituents is 2. The zero-order chi connectivity index (χ0) is 23.5. The lowest BCUT2D eigenvalue weighted by Crippen LogP contribution is -2.39. The molecule has 0 unspecified atom stereocenters. The van der Waals surface area contributed by atoms with Crippen LogP contribution < -0.4 is 0 Å². The molecule has 8 heteroatoms. The van der Waals surface area contributed by atoms with E-state index in [2.05, 4.69) is 9.80 Å². The Morgan fingerprint density at radius 2 is 1.24 bits per heavy atom. The molecule has 4 rings (SSSR count). The minimum Gasteiger partial charge on any atom is -0.508 e. The minimum absolute atomic E-state index is 0.150. The third-order valence-electron chi connectivity index (χ3n) is 6.74. The van der Waals surface area contributed by atoms with Crippen molar-refractivity contribution in [3.63, 3.8) is 0 Å². The Bertz CT molecular complexity index is 958. The van der Waals surface area contributed by atoms with Crippen LogP contribution in [0, 0.1) is 0 Å². The molecule has 2 fully saturated rings. The van der Waals surface area contributed by atoms with Crippen LogP contribution in [-0.2, 0) is 22.6 Å². The highest BCUT2D eigenvalue weighted by molar-refractivity contribution is 5.90. The van der Waals surface area contributed by atoms with E-state index < -0.39 is 11.9 Å². The highest BCUT2D eigenvalue weighted by Crippen LogP contribution is 2.36. The van der Waals surface area contributed by atoms with Crippen LogP contribution in [0.3, 0.4) is 0 Å². The van der Waals surface area contributed by atoms with Crippen molar-refractivity contribution >= 4 is 11.9 Å². The number of benzene rings is 2. The summed E-state index contributed by atoms with van der Waals surface area (Å²) in [7, 11) is 2.68. The Labute approximate surface area is 193 Å². The first-order valence-electron chi connectivity index (χ1n) is 11.2. The smallest absolute Gasteiger partial charge is 0.337 e. The first kappa shape index (κ1) is 23.1. The number of carbonyl (C=O) groups is 2. The number of carbonyl (C=O) groups excluding carboxylic acids is 2. The summed E-state index contributed by atoms with van der Waals surface area (Å²) in [5.74, 6) is -0.569. The SMILES string of the molecule is COC(=O)c1ccc(O)c(CN2CN(Cc3cc(C(=O)OC)ccc3O)[C@H]3CCCC[C@H]32)c1. The molecule has 1 saturated heterocycles. The molecular formula is C25H30N2O6. The fourth-order valence-electron chi connectivity index (χ4n) is 5.07. The zero-order valence-electron chi connectivity index (χ0n) is 19.0. The van der Waals surface area contributed by atoms with Gasteiger partial charge in [-0.15, -0.1) is 0 Å². The van der Waals surface area contributed by atoms with E-state index in [0.29, 0.717) is 54.1 Å². The quantitative estimate of drug-likeness (QED) is 0.642. The van der Waals surface area contributed by atoms with Crippen molar-refractivity contribution in [2.75, 3.05) is 20.9 Å². The van der Waals surface area contributed by atoms with Gasteiger partial charge in [0.15, 0.2) is 0 Å². The first-order chi connectivity index (χ1) is 15.9. The largest absolute Gasteiger partial charge is 0.508 e. The van der Waals surface area contributed by atoms with Gasteiger partial charge < -0.3 is 19.7 Å². The molecule has 33 heavy (non-hydrogen) atoms. The van der Waals surface area contributed by atoms with Crippen LogP contribution in [0.5, 0.6) is 11.5 Å². The van der Waals surface area contributed by atoms with Crippen molar-refractivity contribution in [3.8, 4) is 11.5 Å². The lowest BCUT2D eigenvalue weighted by Gasteiger charge is -2.32. The number of esters is 2. The normalized spacial score (nSPS) is 20.9. The molecule has 2 atom stereocenters. The van der Waals surface area contributed by atoms with Crippen molar-refractivity contribution in [3.05, 3.63) is 58.7 Å². The molecule has 0 radical (unpaired) electrons. The predicted octanol–water partition coefficient (Wildman–Crippen LogP) is 3.26. The lowest BCUT2D eigenvalue weighted by atomic mass is 9.89. The molecule has 0 amide bonds. The van der Waals surface area contributed by atoms with E-state index in [9.17, 15) is 19.8 Å². The van der Waals surface area contributed by atoms with E-state index >= 15 is 0 Å². The van der Waals surface area contributed by atoms with E-state index in [4.69, 9.17) is 9.47 Å². The number of aromatic hydroxyl groups is 2. The van der Waals surface area contributed by atoms with Crippen molar-refractivity contribution in [2.45, 2.75) is 50.9 Å². The van der Waals surface area contributed by atoms with Gasteiger partial charge in [-0.25, -0.2) is 9.59 Å². The van der Waals surface area contributed by atoms with Gasteiger partial charge in [0.2, 0.25) is 0 Å². The molecule has 0 spiro atoms. The maximum absolute atomic E-state index is 11.9. The fraction of sp³-hybridized carbons (Fsp3) is 0.440. The van der Waals surface area contributed by atoms with Crippen LogP contribution in [0.25, 0.3) is 0 Å². The number of hydrogen-bond donors (Lipinski definition) is 2. The van der Waals surface area contributed by atoms with Crippen LogP contribution in [-0.4, -0.2) is 64.9 Å². The van der Waals surface area contributed by atoms with E-state index in [1.54, 1.807) is 24.3 Å². The summed E-state index contributed by atoms with van der Waals surface area (Å²) in [6.45, 7) is 1.66. The Balaban J connectivity index is 1.56. The highest BCUT2D eigenvalue weighted by atomic mass is 16.5. The van der Waals surface area contributed by atoms with Crippen LogP contribution >= 0.6 is 0 Å². The molecule has 1 saturated carbocycles.